The lowest BCUT2D eigenvalue weighted by Gasteiger charge is -2.28. The van der Waals surface area contributed by atoms with Crippen molar-refractivity contribution in [3.63, 3.8) is 0 Å². The van der Waals surface area contributed by atoms with Gasteiger partial charge >= 0.3 is 0 Å². The molecule has 3 aromatic rings. The topological polar surface area (TPSA) is 41.9 Å². The van der Waals surface area contributed by atoms with Crippen LogP contribution in [-0.4, -0.2) is 39.1 Å². The average molecular weight is 417 g/mol. The van der Waals surface area contributed by atoms with Crippen LogP contribution < -0.4 is 0 Å². The maximum atomic E-state index is 14.3. The van der Waals surface area contributed by atoms with Gasteiger partial charge in [-0.1, -0.05) is 19.9 Å². The van der Waals surface area contributed by atoms with Gasteiger partial charge in [0.15, 0.2) is 5.82 Å². The molecule has 152 valence electrons. The summed E-state index contributed by atoms with van der Waals surface area (Å²) < 4.78 is 28.1. The monoisotopic (exact) mass is 416 g/mol. The van der Waals surface area contributed by atoms with E-state index in [1.165, 1.54) is 0 Å². The molecule has 0 spiro atoms. The van der Waals surface area contributed by atoms with Gasteiger partial charge in [-0.25, -0.2) is 18.7 Å². The van der Waals surface area contributed by atoms with E-state index in [0.717, 1.165) is 34.8 Å². The lowest BCUT2D eigenvalue weighted by molar-refractivity contribution is 0.234. The SMILES string of the molecule is CC(C)c1c(C(C)N2CC[C@@H](F)C2)cnc2ccc(-c3nc(Cl)ncc3F)cc12. The lowest BCUT2D eigenvalue weighted by Crippen LogP contribution is -2.26. The highest BCUT2D eigenvalue weighted by Crippen LogP contribution is 2.36. The van der Waals surface area contributed by atoms with Crippen LogP contribution in [-0.2, 0) is 0 Å². The number of benzene rings is 1. The van der Waals surface area contributed by atoms with E-state index in [-0.39, 0.29) is 22.9 Å². The number of fused-ring (bicyclic) bond motifs is 1. The molecule has 0 bridgehead atoms. The van der Waals surface area contributed by atoms with E-state index in [1.807, 2.05) is 18.3 Å². The Morgan fingerprint density at radius 3 is 2.66 bits per heavy atom. The van der Waals surface area contributed by atoms with Crippen molar-refractivity contribution in [3.05, 3.63) is 52.8 Å². The molecule has 1 saturated heterocycles. The number of hydrogen-bond donors (Lipinski definition) is 0. The fourth-order valence-electron chi connectivity index (χ4n) is 4.19. The number of hydrogen-bond acceptors (Lipinski definition) is 4. The van der Waals surface area contributed by atoms with E-state index in [2.05, 4.69) is 40.6 Å². The lowest BCUT2D eigenvalue weighted by atomic mass is 9.89. The third-order valence-corrected chi connectivity index (χ3v) is 5.85. The van der Waals surface area contributed by atoms with Crippen LogP contribution >= 0.6 is 11.6 Å². The number of rotatable bonds is 4. The van der Waals surface area contributed by atoms with Crippen molar-refractivity contribution in [2.75, 3.05) is 13.1 Å². The van der Waals surface area contributed by atoms with Gasteiger partial charge in [0.25, 0.3) is 0 Å². The normalized spacial score (nSPS) is 18.7. The summed E-state index contributed by atoms with van der Waals surface area (Å²) in [5.41, 5.74) is 3.85. The summed E-state index contributed by atoms with van der Waals surface area (Å²) in [7, 11) is 0. The molecule has 2 atom stereocenters. The summed E-state index contributed by atoms with van der Waals surface area (Å²) in [6, 6.07) is 5.63. The molecule has 4 rings (SSSR count). The van der Waals surface area contributed by atoms with Gasteiger partial charge in [-0.3, -0.25) is 9.88 Å². The summed E-state index contributed by atoms with van der Waals surface area (Å²) >= 11 is 5.88. The van der Waals surface area contributed by atoms with Crippen LogP contribution in [0.3, 0.4) is 0 Å². The Bertz CT molecular complexity index is 1060. The third kappa shape index (κ3) is 3.83. The van der Waals surface area contributed by atoms with Crippen molar-refractivity contribution in [1.82, 2.24) is 19.9 Å². The minimum absolute atomic E-state index is 0.000822. The van der Waals surface area contributed by atoms with Gasteiger partial charge < -0.3 is 0 Å². The van der Waals surface area contributed by atoms with Gasteiger partial charge in [-0.05, 0) is 54.1 Å². The molecule has 1 aromatic carbocycles. The van der Waals surface area contributed by atoms with Crippen molar-refractivity contribution in [3.8, 4) is 11.3 Å². The predicted octanol–water partition coefficient (Wildman–Crippen LogP) is 5.71. The fraction of sp³-hybridized carbons (Fsp3) is 0.409. The molecule has 4 nitrogen and oxygen atoms in total. The van der Waals surface area contributed by atoms with Crippen LogP contribution in [0, 0.1) is 5.82 Å². The Morgan fingerprint density at radius 2 is 1.97 bits per heavy atom. The summed E-state index contributed by atoms with van der Waals surface area (Å²) in [6.45, 7) is 7.54. The number of likely N-dealkylation sites (tertiary alicyclic amines) is 1. The highest BCUT2D eigenvalue weighted by molar-refractivity contribution is 6.28. The van der Waals surface area contributed by atoms with Gasteiger partial charge in [0.05, 0.1) is 11.7 Å². The summed E-state index contributed by atoms with van der Waals surface area (Å²) in [6.07, 6.45) is 2.77. The number of nitrogens with zero attached hydrogens (tertiary/aromatic N) is 4. The predicted molar refractivity (Wildman–Crippen MR) is 111 cm³/mol. The Balaban J connectivity index is 1.86. The first-order chi connectivity index (χ1) is 13.8. The van der Waals surface area contributed by atoms with Crippen molar-refractivity contribution in [1.29, 1.82) is 0 Å². The van der Waals surface area contributed by atoms with E-state index in [0.29, 0.717) is 18.5 Å². The molecule has 0 amide bonds. The molecule has 2 aromatic heterocycles. The molecule has 0 radical (unpaired) electrons. The van der Waals surface area contributed by atoms with E-state index >= 15 is 0 Å². The second kappa shape index (κ2) is 7.92. The largest absolute Gasteiger partial charge is 0.294 e. The summed E-state index contributed by atoms with van der Waals surface area (Å²) in [5.74, 6) is -0.306. The second-order valence-electron chi connectivity index (χ2n) is 7.91. The van der Waals surface area contributed by atoms with Crippen molar-refractivity contribution in [2.45, 2.75) is 45.3 Å². The molecule has 1 aliphatic rings. The maximum Gasteiger partial charge on any atom is 0.223 e. The quantitative estimate of drug-likeness (QED) is 0.510. The standard InChI is InChI=1S/C22H23ClF2N4/c1-12(2)20-16-8-14(21-18(25)10-27-22(23)28-21)4-5-19(16)26-9-17(20)13(3)29-7-6-15(24)11-29/h4-5,8-10,12-13,15H,6-7,11H2,1-3H3/t13?,15-/m1/s1. The maximum absolute atomic E-state index is 14.3. The molecule has 1 aliphatic heterocycles. The molecule has 29 heavy (non-hydrogen) atoms. The molecule has 0 N–H and O–H groups in total. The number of halogens is 3. The minimum atomic E-state index is -0.773. The molecule has 7 heteroatoms. The van der Waals surface area contributed by atoms with Gasteiger partial charge in [-0.15, -0.1) is 0 Å². The average Bonchev–Trinajstić information content (AvgIpc) is 3.14. The van der Waals surface area contributed by atoms with Crippen LogP contribution in [0.5, 0.6) is 0 Å². The first-order valence-electron chi connectivity index (χ1n) is 9.84. The van der Waals surface area contributed by atoms with E-state index in [1.54, 1.807) is 6.07 Å². The van der Waals surface area contributed by atoms with E-state index in [9.17, 15) is 8.78 Å². The zero-order chi connectivity index (χ0) is 20.7. The summed E-state index contributed by atoms with van der Waals surface area (Å²) in [4.78, 5) is 14.6. The molecular formula is C22H23ClF2N4. The van der Waals surface area contributed by atoms with Crippen molar-refractivity contribution in [2.24, 2.45) is 0 Å². The van der Waals surface area contributed by atoms with Crippen molar-refractivity contribution >= 4 is 22.5 Å². The van der Waals surface area contributed by atoms with Gasteiger partial charge in [0.1, 0.15) is 11.9 Å². The van der Waals surface area contributed by atoms with Crippen LogP contribution in [0.4, 0.5) is 8.78 Å². The Hall–Kier alpha value is -2.18. The minimum Gasteiger partial charge on any atom is -0.294 e. The molecule has 1 unspecified atom stereocenters. The van der Waals surface area contributed by atoms with E-state index in [4.69, 9.17) is 11.6 Å². The Kier molecular flexibility index (Phi) is 5.49. The van der Waals surface area contributed by atoms with Crippen LogP contribution in [0.1, 0.15) is 50.3 Å². The number of pyridine rings is 1. The van der Waals surface area contributed by atoms with Gasteiger partial charge in [0, 0.05) is 36.3 Å². The highest BCUT2D eigenvalue weighted by atomic mass is 35.5. The first kappa shape index (κ1) is 20.1. The van der Waals surface area contributed by atoms with Gasteiger partial charge in [0.2, 0.25) is 5.28 Å². The smallest absolute Gasteiger partial charge is 0.223 e. The van der Waals surface area contributed by atoms with Gasteiger partial charge in [-0.2, -0.15) is 0 Å². The summed E-state index contributed by atoms with van der Waals surface area (Å²) in [5, 5.41) is 0.952. The van der Waals surface area contributed by atoms with Crippen LogP contribution in [0.25, 0.3) is 22.2 Å². The molecule has 0 saturated carbocycles. The second-order valence-corrected chi connectivity index (χ2v) is 8.24. The van der Waals surface area contributed by atoms with Crippen molar-refractivity contribution < 1.29 is 8.78 Å². The first-order valence-corrected chi connectivity index (χ1v) is 10.2. The molecular weight excluding hydrogens is 394 g/mol. The van der Waals surface area contributed by atoms with Crippen LogP contribution in [0.15, 0.2) is 30.6 Å². The third-order valence-electron chi connectivity index (χ3n) is 5.67. The molecule has 0 aliphatic carbocycles. The van der Waals surface area contributed by atoms with E-state index < -0.39 is 12.0 Å². The van der Waals surface area contributed by atoms with Crippen LogP contribution in [0.2, 0.25) is 5.28 Å². The highest BCUT2D eigenvalue weighted by Gasteiger charge is 2.29. The molecule has 3 heterocycles. The number of alkyl halides is 1. The Morgan fingerprint density at radius 1 is 1.17 bits per heavy atom. The zero-order valence-corrected chi connectivity index (χ0v) is 17.4. The fourth-order valence-corrected chi connectivity index (χ4v) is 4.33. The Labute approximate surface area is 174 Å². The zero-order valence-electron chi connectivity index (χ0n) is 16.7. The number of aromatic nitrogens is 3. The molecule has 1 fully saturated rings.